The Morgan fingerprint density at radius 3 is 2.21 bits per heavy atom. The topological polar surface area (TPSA) is 75.7 Å². The molecule has 6 nitrogen and oxygen atoms in total. The van der Waals surface area contributed by atoms with Crippen LogP contribution in [0.15, 0.2) is 30.3 Å². The van der Waals surface area contributed by atoms with E-state index < -0.39 is 12.1 Å². The number of hydrogen-bond acceptors (Lipinski definition) is 4. The molecule has 1 aliphatic heterocycles. The number of nitrogens with one attached hydrogen (secondary N) is 1. The van der Waals surface area contributed by atoms with Crippen molar-refractivity contribution in [3.63, 3.8) is 0 Å². The Hall–Kier alpha value is -2.37. The highest BCUT2D eigenvalue weighted by atomic mass is 16.6. The molecule has 4 aliphatic carbocycles. The van der Waals surface area contributed by atoms with Crippen LogP contribution in [0.1, 0.15) is 50.1 Å². The first kappa shape index (κ1) is 17.7. The van der Waals surface area contributed by atoms with Gasteiger partial charge in [0.1, 0.15) is 0 Å². The van der Waals surface area contributed by atoms with Crippen LogP contribution >= 0.6 is 0 Å². The van der Waals surface area contributed by atoms with Crippen molar-refractivity contribution < 1.29 is 19.1 Å². The fourth-order valence-corrected chi connectivity index (χ4v) is 6.36. The zero-order valence-corrected chi connectivity index (χ0v) is 15.9. The molecular weight excluding hydrogens is 356 g/mol. The molecule has 1 atom stereocenters. The minimum Gasteiger partial charge on any atom is -0.439 e. The molecule has 148 valence electrons. The predicted octanol–water partition coefficient (Wildman–Crippen LogP) is 3.04. The molecule has 1 unspecified atom stereocenters. The fourth-order valence-electron chi connectivity index (χ4n) is 6.36. The molecular formula is C22H26N2O4. The summed E-state index contributed by atoms with van der Waals surface area (Å²) in [5, 5.41) is 3.22. The third kappa shape index (κ3) is 2.99. The van der Waals surface area contributed by atoms with E-state index in [1.807, 2.05) is 30.3 Å². The zero-order chi connectivity index (χ0) is 19.3. The summed E-state index contributed by atoms with van der Waals surface area (Å²) in [4.78, 5) is 38.6. The Labute approximate surface area is 164 Å². The molecule has 1 heterocycles. The molecule has 1 saturated heterocycles. The van der Waals surface area contributed by atoms with Crippen molar-refractivity contribution >= 4 is 17.9 Å². The van der Waals surface area contributed by atoms with Gasteiger partial charge in [-0.1, -0.05) is 30.3 Å². The van der Waals surface area contributed by atoms with E-state index in [0.717, 1.165) is 29.7 Å². The van der Waals surface area contributed by atoms with Gasteiger partial charge in [-0.2, -0.15) is 0 Å². The average molecular weight is 382 g/mol. The van der Waals surface area contributed by atoms with Crippen molar-refractivity contribution in [2.75, 3.05) is 13.2 Å². The van der Waals surface area contributed by atoms with Crippen molar-refractivity contribution in [1.29, 1.82) is 0 Å². The molecule has 4 bridgehead atoms. The second-order valence-electron chi connectivity index (χ2n) is 9.19. The van der Waals surface area contributed by atoms with Gasteiger partial charge in [0.25, 0.3) is 5.91 Å². The molecule has 3 amide bonds. The van der Waals surface area contributed by atoms with E-state index in [-0.39, 0.29) is 30.4 Å². The average Bonchev–Trinajstić information content (AvgIpc) is 2.99. The lowest BCUT2D eigenvalue weighted by atomic mass is 9.49. The van der Waals surface area contributed by atoms with Crippen molar-refractivity contribution in [3.05, 3.63) is 35.9 Å². The van der Waals surface area contributed by atoms with E-state index in [9.17, 15) is 14.4 Å². The highest BCUT2D eigenvalue weighted by molar-refractivity contribution is 5.98. The van der Waals surface area contributed by atoms with Crippen molar-refractivity contribution in [1.82, 2.24) is 10.2 Å². The molecule has 6 heteroatoms. The molecule has 0 aromatic heterocycles. The number of nitrogens with zero attached hydrogens (tertiary/aromatic N) is 1. The van der Waals surface area contributed by atoms with E-state index in [1.165, 1.54) is 19.3 Å². The van der Waals surface area contributed by atoms with E-state index in [2.05, 4.69) is 5.32 Å². The van der Waals surface area contributed by atoms with Crippen LogP contribution in [0.5, 0.6) is 0 Å². The molecule has 4 saturated carbocycles. The Kier molecular flexibility index (Phi) is 4.18. The second kappa shape index (κ2) is 6.61. The highest BCUT2D eigenvalue weighted by Crippen LogP contribution is 2.60. The van der Waals surface area contributed by atoms with Crippen LogP contribution in [-0.4, -0.2) is 36.0 Å². The second-order valence-corrected chi connectivity index (χ2v) is 9.19. The van der Waals surface area contributed by atoms with Gasteiger partial charge in [0.15, 0.2) is 6.61 Å². The van der Waals surface area contributed by atoms with Crippen LogP contribution in [-0.2, 0) is 14.3 Å². The molecule has 5 aliphatic rings. The minimum atomic E-state index is -0.630. The number of amides is 3. The largest absolute Gasteiger partial charge is 0.439 e. The molecule has 1 aromatic carbocycles. The summed E-state index contributed by atoms with van der Waals surface area (Å²) < 4.78 is 4.84. The third-order valence-corrected chi connectivity index (χ3v) is 7.23. The maximum Gasteiger partial charge on any atom is 0.417 e. The molecule has 5 fully saturated rings. The SMILES string of the molecule is O=C1COC(=O)N1CC(NC(=O)C12CC3CC(CC(C3)C1)C2)c1ccccc1. The van der Waals surface area contributed by atoms with Crippen molar-refractivity contribution in [3.8, 4) is 0 Å². The predicted molar refractivity (Wildman–Crippen MR) is 101 cm³/mol. The zero-order valence-electron chi connectivity index (χ0n) is 15.9. The monoisotopic (exact) mass is 382 g/mol. The van der Waals surface area contributed by atoms with Crippen molar-refractivity contribution in [2.24, 2.45) is 23.2 Å². The summed E-state index contributed by atoms with van der Waals surface area (Å²) in [7, 11) is 0. The third-order valence-electron chi connectivity index (χ3n) is 7.23. The summed E-state index contributed by atoms with van der Waals surface area (Å²) in [5.74, 6) is 1.79. The molecule has 1 N–H and O–H groups in total. The van der Waals surface area contributed by atoms with Crippen LogP contribution < -0.4 is 5.32 Å². The minimum absolute atomic E-state index is 0.0977. The van der Waals surface area contributed by atoms with Gasteiger partial charge in [0.2, 0.25) is 5.91 Å². The smallest absolute Gasteiger partial charge is 0.417 e. The van der Waals surface area contributed by atoms with Crippen molar-refractivity contribution in [2.45, 2.75) is 44.6 Å². The molecule has 0 spiro atoms. The summed E-state index contributed by atoms with van der Waals surface area (Å²) in [6.07, 6.45) is 6.16. The van der Waals surface area contributed by atoms with E-state index in [4.69, 9.17) is 4.74 Å². The Bertz CT molecular complexity index is 755. The Balaban J connectivity index is 1.38. The van der Waals surface area contributed by atoms with Crippen LogP contribution in [0, 0.1) is 23.2 Å². The number of benzene rings is 1. The highest BCUT2D eigenvalue weighted by Gasteiger charge is 2.54. The number of hydrogen-bond donors (Lipinski definition) is 1. The van der Waals surface area contributed by atoms with Gasteiger partial charge >= 0.3 is 6.09 Å². The lowest BCUT2D eigenvalue weighted by Gasteiger charge is -2.55. The number of rotatable bonds is 5. The van der Waals surface area contributed by atoms with Gasteiger partial charge in [-0.3, -0.25) is 9.59 Å². The number of ether oxygens (including phenoxy) is 1. The maximum absolute atomic E-state index is 13.5. The van der Waals surface area contributed by atoms with Gasteiger partial charge in [-0.25, -0.2) is 9.69 Å². The van der Waals surface area contributed by atoms with Crippen LogP contribution in [0.3, 0.4) is 0 Å². The first-order valence-electron chi connectivity index (χ1n) is 10.4. The number of imide groups is 1. The fraction of sp³-hybridized carbons (Fsp3) is 0.591. The first-order chi connectivity index (χ1) is 13.5. The van der Waals surface area contributed by atoms with Gasteiger partial charge < -0.3 is 10.1 Å². The summed E-state index contributed by atoms with van der Waals surface area (Å²) in [5.41, 5.74) is 0.630. The summed E-state index contributed by atoms with van der Waals surface area (Å²) in [6, 6.07) is 9.16. The molecule has 1 aromatic rings. The number of carbonyl (C=O) groups is 3. The molecule has 28 heavy (non-hydrogen) atoms. The lowest BCUT2D eigenvalue weighted by molar-refractivity contribution is -0.147. The summed E-state index contributed by atoms with van der Waals surface area (Å²) >= 11 is 0. The summed E-state index contributed by atoms with van der Waals surface area (Å²) in [6.45, 7) is -0.108. The van der Waals surface area contributed by atoms with E-state index in [1.54, 1.807) is 0 Å². The van der Waals surface area contributed by atoms with E-state index >= 15 is 0 Å². The Morgan fingerprint density at radius 1 is 1.07 bits per heavy atom. The molecule has 6 rings (SSSR count). The standard InChI is InChI=1S/C22H26N2O4/c25-19-13-28-21(27)24(19)12-18(17-4-2-1-3-5-17)23-20(26)22-9-14-6-15(10-22)8-16(7-14)11-22/h1-5,14-16,18H,6-13H2,(H,23,26). The first-order valence-corrected chi connectivity index (χ1v) is 10.4. The van der Waals surface area contributed by atoms with E-state index in [0.29, 0.717) is 17.8 Å². The molecule has 0 radical (unpaired) electrons. The van der Waals surface area contributed by atoms with Crippen LogP contribution in [0.2, 0.25) is 0 Å². The van der Waals surface area contributed by atoms with Gasteiger partial charge in [0, 0.05) is 5.41 Å². The van der Waals surface area contributed by atoms with Crippen LogP contribution in [0.4, 0.5) is 4.79 Å². The number of cyclic esters (lactones) is 1. The van der Waals surface area contributed by atoms with Gasteiger partial charge in [-0.05, 0) is 61.8 Å². The van der Waals surface area contributed by atoms with Gasteiger partial charge in [-0.15, -0.1) is 0 Å². The van der Waals surface area contributed by atoms with Gasteiger partial charge in [0.05, 0.1) is 12.6 Å². The maximum atomic E-state index is 13.5. The number of carbonyl (C=O) groups excluding carboxylic acids is 3. The Morgan fingerprint density at radius 2 is 1.68 bits per heavy atom. The lowest BCUT2D eigenvalue weighted by Crippen LogP contribution is -2.55. The van der Waals surface area contributed by atoms with Crippen LogP contribution in [0.25, 0.3) is 0 Å². The quantitative estimate of drug-likeness (QED) is 0.849. The normalized spacial score (nSPS) is 34.4.